The molecule has 2 aromatic carbocycles. The third-order valence-corrected chi connectivity index (χ3v) is 5.71. The summed E-state index contributed by atoms with van der Waals surface area (Å²) >= 11 is 15.1. The van der Waals surface area contributed by atoms with Crippen LogP contribution in [0.1, 0.15) is 49.8 Å². The van der Waals surface area contributed by atoms with E-state index in [1.165, 1.54) is 5.56 Å². The molecule has 0 aliphatic carbocycles. The van der Waals surface area contributed by atoms with E-state index in [9.17, 15) is 5.11 Å². The monoisotopic (exact) mass is 510 g/mol. The zero-order valence-electron chi connectivity index (χ0n) is 14.9. The van der Waals surface area contributed by atoms with Crippen molar-refractivity contribution in [2.75, 3.05) is 0 Å². The predicted octanol–water partition coefficient (Wildman–Crippen LogP) is 8.04. The number of aliphatic hydroxyl groups excluding tert-OH is 1. The Kier molecular flexibility index (Phi) is 12.3. The minimum absolute atomic E-state index is 0. The first-order valence-corrected chi connectivity index (χ1v) is 9.72. The standard InChI is InChI=1S/C10H12BrCl.C10H13ClO.BrH/c1-7(2)10(11)8-3-5-9(12)6-4-8;1-7(2)10(12)8-3-5-9(11)6-4-8;/h3-7,10H,1-2H3;3-7,10,12H,1-2H3;1H. The Balaban J connectivity index is 0.000000443. The molecule has 2 atom stereocenters. The summed E-state index contributed by atoms with van der Waals surface area (Å²) in [7, 11) is 0. The molecule has 1 nitrogen and oxygen atoms in total. The van der Waals surface area contributed by atoms with Gasteiger partial charge in [-0.1, -0.05) is 91.1 Å². The van der Waals surface area contributed by atoms with Crippen molar-refractivity contribution < 1.29 is 5.11 Å². The molecule has 140 valence electrons. The average molecular weight is 513 g/mol. The lowest BCUT2D eigenvalue weighted by Gasteiger charge is -2.14. The Morgan fingerprint density at radius 1 is 0.720 bits per heavy atom. The van der Waals surface area contributed by atoms with Gasteiger partial charge in [-0.25, -0.2) is 0 Å². The summed E-state index contributed by atoms with van der Waals surface area (Å²) in [4.78, 5) is 0.426. The quantitative estimate of drug-likeness (QED) is 0.411. The topological polar surface area (TPSA) is 20.2 Å². The first-order chi connectivity index (χ1) is 11.2. The summed E-state index contributed by atoms with van der Waals surface area (Å²) in [6.07, 6.45) is -0.387. The third kappa shape index (κ3) is 8.92. The summed E-state index contributed by atoms with van der Waals surface area (Å²) in [5.41, 5.74) is 2.21. The third-order valence-electron chi connectivity index (χ3n) is 3.62. The van der Waals surface area contributed by atoms with Crippen LogP contribution >= 0.6 is 56.1 Å². The van der Waals surface area contributed by atoms with Gasteiger partial charge in [0, 0.05) is 14.9 Å². The molecule has 0 aromatic heterocycles. The van der Waals surface area contributed by atoms with Gasteiger partial charge in [-0.3, -0.25) is 0 Å². The minimum atomic E-state index is -0.387. The van der Waals surface area contributed by atoms with Crippen LogP contribution in [0.25, 0.3) is 0 Å². The van der Waals surface area contributed by atoms with E-state index >= 15 is 0 Å². The average Bonchev–Trinajstić information content (AvgIpc) is 2.55. The molecule has 0 fully saturated rings. The van der Waals surface area contributed by atoms with Gasteiger partial charge in [-0.2, -0.15) is 0 Å². The lowest BCUT2D eigenvalue weighted by atomic mass is 9.99. The highest BCUT2D eigenvalue weighted by molar-refractivity contribution is 9.09. The number of aliphatic hydroxyl groups is 1. The molecule has 2 aromatic rings. The van der Waals surface area contributed by atoms with Crippen LogP contribution in [0.3, 0.4) is 0 Å². The van der Waals surface area contributed by atoms with E-state index in [1.807, 2.05) is 38.1 Å². The molecule has 0 bridgehead atoms. The SMILES string of the molecule is Br.CC(C)C(Br)c1ccc(Cl)cc1.CC(C)C(O)c1ccc(Cl)cc1. The van der Waals surface area contributed by atoms with Crippen molar-refractivity contribution in [3.8, 4) is 0 Å². The number of hydrogen-bond donors (Lipinski definition) is 1. The second-order valence-corrected chi connectivity index (χ2v) is 8.30. The zero-order chi connectivity index (χ0) is 18.3. The van der Waals surface area contributed by atoms with Crippen molar-refractivity contribution in [2.24, 2.45) is 11.8 Å². The highest BCUT2D eigenvalue weighted by Gasteiger charge is 2.11. The van der Waals surface area contributed by atoms with Gasteiger partial charge in [0.1, 0.15) is 0 Å². The fourth-order valence-corrected chi connectivity index (χ4v) is 2.63. The van der Waals surface area contributed by atoms with Gasteiger partial charge in [0.25, 0.3) is 0 Å². The number of hydrogen-bond acceptors (Lipinski definition) is 1. The summed E-state index contributed by atoms with van der Waals surface area (Å²) in [5.74, 6) is 0.845. The van der Waals surface area contributed by atoms with Gasteiger partial charge >= 0.3 is 0 Å². The smallest absolute Gasteiger partial charge is 0.0812 e. The highest BCUT2D eigenvalue weighted by atomic mass is 79.9. The maximum atomic E-state index is 9.65. The van der Waals surface area contributed by atoms with Crippen molar-refractivity contribution >= 4 is 56.1 Å². The number of benzene rings is 2. The summed E-state index contributed by atoms with van der Waals surface area (Å²) < 4.78 is 0. The molecule has 25 heavy (non-hydrogen) atoms. The van der Waals surface area contributed by atoms with Gasteiger partial charge in [-0.15, -0.1) is 17.0 Å². The van der Waals surface area contributed by atoms with Crippen LogP contribution in [-0.4, -0.2) is 5.11 Å². The Bertz CT molecular complexity index is 543. The molecule has 0 saturated carbocycles. The van der Waals surface area contributed by atoms with E-state index in [0.29, 0.717) is 15.8 Å². The minimum Gasteiger partial charge on any atom is -0.388 e. The lowest BCUT2D eigenvalue weighted by molar-refractivity contribution is 0.127. The van der Waals surface area contributed by atoms with E-state index in [0.717, 1.165) is 10.6 Å². The molecule has 0 amide bonds. The molecule has 0 aliphatic rings. The van der Waals surface area contributed by atoms with Crippen LogP contribution in [0.15, 0.2) is 48.5 Å². The molecular formula is C20H26Br2Cl2O. The number of rotatable bonds is 4. The van der Waals surface area contributed by atoms with Crippen LogP contribution in [0.2, 0.25) is 10.0 Å². The molecule has 0 spiro atoms. The fraction of sp³-hybridized carbons (Fsp3) is 0.400. The maximum absolute atomic E-state index is 9.65. The van der Waals surface area contributed by atoms with E-state index in [1.54, 1.807) is 12.1 Å². The van der Waals surface area contributed by atoms with Gasteiger partial charge < -0.3 is 5.11 Å². The first-order valence-electron chi connectivity index (χ1n) is 8.05. The highest BCUT2D eigenvalue weighted by Crippen LogP contribution is 2.30. The molecule has 2 rings (SSSR count). The van der Waals surface area contributed by atoms with Crippen LogP contribution in [0.4, 0.5) is 0 Å². The number of alkyl halides is 1. The van der Waals surface area contributed by atoms with Gasteiger partial charge in [0.15, 0.2) is 0 Å². The summed E-state index contributed by atoms with van der Waals surface area (Å²) in [6.45, 7) is 8.35. The summed E-state index contributed by atoms with van der Waals surface area (Å²) in [6, 6.07) is 15.3. The second kappa shape index (κ2) is 12.3. The molecule has 0 radical (unpaired) electrons. The van der Waals surface area contributed by atoms with Crippen molar-refractivity contribution in [2.45, 2.75) is 38.6 Å². The Morgan fingerprint density at radius 2 is 1.08 bits per heavy atom. The van der Waals surface area contributed by atoms with E-state index < -0.39 is 0 Å². The Labute approximate surface area is 180 Å². The van der Waals surface area contributed by atoms with Gasteiger partial charge in [0.2, 0.25) is 0 Å². The zero-order valence-corrected chi connectivity index (χ0v) is 19.7. The molecule has 2 unspecified atom stereocenters. The lowest BCUT2D eigenvalue weighted by Crippen LogP contribution is -2.04. The molecule has 5 heteroatoms. The second-order valence-electron chi connectivity index (χ2n) is 6.44. The van der Waals surface area contributed by atoms with Crippen LogP contribution in [0.5, 0.6) is 0 Å². The maximum Gasteiger partial charge on any atom is 0.0812 e. The van der Waals surface area contributed by atoms with E-state index in [4.69, 9.17) is 23.2 Å². The van der Waals surface area contributed by atoms with Crippen molar-refractivity contribution in [3.63, 3.8) is 0 Å². The first kappa shape index (κ1) is 24.9. The largest absolute Gasteiger partial charge is 0.388 e. The van der Waals surface area contributed by atoms with Gasteiger partial charge in [-0.05, 0) is 47.2 Å². The van der Waals surface area contributed by atoms with E-state index in [-0.39, 0.29) is 29.0 Å². The Hall–Kier alpha value is -0.0600. The van der Waals surface area contributed by atoms with E-state index in [2.05, 4.69) is 41.9 Å². The predicted molar refractivity (Wildman–Crippen MR) is 120 cm³/mol. The molecule has 0 aliphatic heterocycles. The Morgan fingerprint density at radius 3 is 1.40 bits per heavy atom. The normalized spacial score (nSPS) is 12.9. The molecule has 1 N–H and O–H groups in total. The van der Waals surface area contributed by atoms with Crippen molar-refractivity contribution in [3.05, 3.63) is 69.7 Å². The molecule has 0 saturated heterocycles. The summed E-state index contributed by atoms with van der Waals surface area (Å²) in [5, 5.41) is 11.1. The van der Waals surface area contributed by atoms with Crippen LogP contribution < -0.4 is 0 Å². The molecule has 0 heterocycles. The number of halogens is 4. The fourth-order valence-electron chi connectivity index (χ4n) is 2.08. The van der Waals surface area contributed by atoms with Crippen molar-refractivity contribution in [1.82, 2.24) is 0 Å². The van der Waals surface area contributed by atoms with Crippen LogP contribution in [0, 0.1) is 11.8 Å². The molecular weight excluding hydrogens is 487 g/mol. The van der Waals surface area contributed by atoms with Crippen molar-refractivity contribution in [1.29, 1.82) is 0 Å². The van der Waals surface area contributed by atoms with Crippen LogP contribution in [-0.2, 0) is 0 Å². The van der Waals surface area contributed by atoms with Gasteiger partial charge in [0.05, 0.1) is 6.10 Å².